The molecule has 0 saturated carbocycles. The first-order chi connectivity index (χ1) is 9.36. The fraction of sp³-hybridized carbons (Fsp3) is 0.533. The molecule has 2 aromatic rings. The predicted octanol–water partition coefficient (Wildman–Crippen LogP) is 2.55. The van der Waals surface area contributed by atoms with Crippen molar-refractivity contribution in [1.82, 2.24) is 9.55 Å². The zero-order valence-electron chi connectivity index (χ0n) is 10.9. The smallest absolute Gasteiger partial charge is 0.0960 e. The molecule has 4 nitrogen and oxygen atoms in total. The minimum Gasteiger partial charge on any atom is -0.378 e. The molecule has 2 aliphatic heterocycles. The molecule has 1 spiro atoms. The second-order valence-electron chi connectivity index (χ2n) is 5.62. The summed E-state index contributed by atoms with van der Waals surface area (Å²) in [7, 11) is 0. The third-order valence-corrected chi connectivity index (χ3v) is 4.41. The van der Waals surface area contributed by atoms with Crippen LogP contribution in [0.2, 0.25) is 0 Å². The van der Waals surface area contributed by atoms with Gasteiger partial charge in [-0.2, -0.15) is 0 Å². The minimum absolute atomic E-state index is 0.0473. The SMILES string of the molecule is c1ccc2c(c1)ncn2C1CCOC2(CCOC2)C1. The van der Waals surface area contributed by atoms with Gasteiger partial charge in [-0.05, 0) is 25.0 Å². The Kier molecular flexibility index (Phi) is 2.60. The van der Waals surface area contributed by atoms with Crippen molar-refractivity contribution in [3.05, 3.63) is 30.6 Å². The fourth-order valence-electron chi connectivity index (χ4n) is 3.37. The van der Waals surface area contributed by atoms with Crippen LogP contribution in [0.1, 0.15) is 25.3 Å². The maximum atomic E-state index is 6.01. The highest BCUT2D eigenvalue weighted by Gasteiger charge is 2.41. The molecule has 4 heteroatoms. The van der Waals surface area contributed by atoms with Crippen molar-refractivity contribution < 1.29 is 9.47 Å². The lowest BCUT2D eigenvalue weighted by atomic mass is 9.89. The van der Waals surface area contributed by atoms with Gasteiger partial charge in [0.05, 0.1) is 29.6 Å². The average Bonchev–Trinajstić information content (AvgIpc) is 3.06. The Labute approximate surface area is 112 Å². The first-order valence-corrected chi connectivity index (χ1v) is 7.00. The largest absolute Gasteiger partial charge is 0.378 e. The topological polar surface area (TPSA) is 36.3 Å². The van der Waals surface area contributed by atoms with Crippen molar-refractivity contribution in [3.63, 3.8) is 0 Å². The molecule has 3 heterocycles. The quantitative estimate of drug-likeness (QED) is 0.788. The van der Waals surface area contributed by atoms with Gasteiger partial charge in [0.25, 0.3) is 0 Å². The van der Waals surface area contributed by atoms with Gasteiger partial charge in [0.1, 0.15) is 0 Å². The summed E-state index contributed by atoms with van der Waals surface area (Å²) in [6.45, 7) is 2.40. The number of nitrogens with zero attached hydrogens (tertiary/aromatic N) is 2. The molecule has 2 saturated heterocycles. The lowest BCUT2D eigenvalue weighted by Gasteiger charge is -2.37. The van der Waals surface area contributed by atoms with Crippen LogP contribution in [-0.4, -0.2) is 35.0 Å². The predicted molar refractivity (Wildman–Crippen MR) is 72.1 cm³/mol. The molecule has 1 aromatic carbocycles. The van der Waals surface area contributed by atoms with E-state index in [1.54, 1.807) is 0 Å². The minimum atomic E-state index is -0.0473. The molecule has 0 aliphatic carbocycles. The van der Waals surface area contributed by atoms with Crippen LogP contribution >= 0.6 is 0 Å². The second kappa shape index (κ2) is 4.32. The molecule has 0 bridgehead atoms. The van der Waals surface area contributed by atoms with Gasteiger partial charge in [-0.1, -0.05) is 12.1 Å². The third-order valence-electron chi connectivity index (χ3n) is 4.41. The first kappa shape index (κ1) is 11.4. The van der Waals surface area contributed by atoms with Crippen LogP contribution < -0.4 is 0 Å². The summed E-state index contributed by atoms with van der Waals surface area (Å²) >= 11 is 0. The molecule has 2 aliphatic rings. The zero-order valence-corrected chi connectivity index (χ0v) is 10.9. The monoisotopic (exact) mass is 258 g/mol. The van der Waals surface area contributed by atoms with E-state index in [-0.39, 0.29) is 5.60 Å². The van der Waals surface area contributed by atoms with E-state index >= 15 is 0 Å². The van der Waals surface area contributed by atoms with Gasteiger partial charge in [0.2, 0.25) is 0 Å². The van der Waals surface area contributed by atoms with E-state index in [0.717, 1.165) is 44.6 Å². The summed E-state index contributed by atoms with van der Waals surface area (Å²) in [4.78, 5) is 4.50. The van der Waals surface area contributed by atoms with E-state index in [1.165, 1.54) is 5.52 Å². The summed E-state index contributed by atoms with van der Waals surface area (Å²) in [5.74, 6) is 0. The fourth-order valence-corrected chi connectivity index (χ4v) is 3.37. The normalized spacial score (nSPS) is 31.3. The summed E-state index contributed by atoms with van der Waals surface area (Å²) in [5, 5.41) is 0. The van der Waals surface area contributed by atoms with Gasteiger partial charge >= 0.3 is 0 Å². The molecule has 0 amide bonds. The van der Waals surface area contributed by atoms with Gasteiger partial charge < -0.3 is 14.0 Å². The van der Waals surface area contributed by atoms with E-state index in [0.29, 0.717) is 6.04 Å². The number of para-hydroxylation sites is 2. The number of fused-ring (bicyclic) bond motifs is 1. The molecule has 2 fully saturated rings. The van der Waals surface area contributed by atoms with Crippen LogP contribution in [-0.2, 0) is 9.47 Å². The van der Waals surface area contributed by atoms with Crippen molar-refractivity contribution in [2.24, 2.45) is 0 Å². The van der Waals surface area contributed by atoms with E-state index in [2.05, 4.69) is 27.8 Å². The second-order valence-corrected chi connectivity index (χ2v) is 5.62. The number of hydrogen-bond donors (Lipinski definition) is 0. The molecule has 2 atom stereocenters. The molecular formula is C15H18N2O2. The summed E-state index contributed by atoms with van der Waals surface area (Å²) in [5.41, 5.74) is 2.25. The molecular weight excluding hydrogens is 240 g/mol. The highest BCUT2D eigenvalue weighted by Crippen LogP contribution is 2.38. The van der Waals surface area contributed by atoms with Gasteiger partial charge in [-0.15, -0.1) is 0 Å². The molecule has 0 radical (unpaired) electrons. The number of aromatic nitrogens is 2. The number of ether oxygens (including phenoxy) is 2. The third kappa shape index (κ3) is 1.86. The Bertz CT molecular complexity index is 587. The van der Waals surface area contributed by atoms with E-state index in [1.807, 2.05) is 12.4 Å². The van der Waals surface area contributed by atoms with Crippen LogP contribution in [0.15, 0.2) is 30.6 Å². The highest BCUT2D eigenvalue weighted by atomic mass is 16.6. The number of imidazole rings is 1. The number of hydrogen-bond acceptors (Lipinski definition) is 3. The zero-order chi connectivity index (χ0) is 12.7. The standard InChI is InChI=1S/C15H18N2O2/c1-2-4-14-13(3-1)16-11-17(14)12-5-7-19-15(9-12)6-8-18-10-15/h1-4,11-12H,5-10H2. The lowest BCUT2D eigenvalue weighted by Crippen LogP contribution is -2.40. The average molecular weight is 258 g/mol. The van der Waals surface area contributed by atoms with Crippen molar-refractivity contribution in [2.45, 2.75) is 30.9 Å². The van der Waals surface area contributed by atoms with E-state index in [9.17, 15) is 0 Å². The molecule has 1 aromatic heterocycles. The van der Waals surface area contributed by atoms with E-state index < -0.39 is 0 Å². The molecule has 19 heavy (non-hydrogen) atoms. The number of benzene rings is 1. The number of rotatable bonds is 1. The molecule has 4 rings (SSSR count). The summed E-state index contributed by atoms with van der Waals surface area (Å²) < 4.78 is 13.9. The van der Waals surface area contributed by atoms with Crippen LogP contribution in [0, 0.1) is 0 Å². The maximum absolute atomic E-state index is 6.01. The van der Waals surface area contributed by atoms with Gasteiger partial charge in [0, 0.05) is 25.7 Å². The molecule has 0 N–H and O–H groups in total. The lowest BCUT2D eigenvalue weighted by molar-refractivity contribution is -0.0943. The van der Waals surface area contributed by atoms with Gasteiger partial charge in [-0.25, -0.2) is 4.98 Å². The van der Waals surface area contributed by atoms with Crippen LogP contribution in [0.25, 0.3) is 11.0 Å². The Morgan fingerprint density at radius 3 is 3.11 bits per heavy atom. The first-order valence-electron chi connectivity index (χ1n) is 7.00. The van der Waals surface area contributed by atoms with Crippen LogP contribution in [0.4, 0.5) is 0 Å². The van der Waals surface area contributed by atoms with E-state index in [4.69, 9.17) is 9.47 Å². The summed E-state index contributed by atoms with van der Waals surface area (Å²) in [6.07, 6.45) is 5.09. The van der Waals surface area contributed by atoms with Crippen molar-refractivity contribution in [2.75, 3.05) is 19.8 Å². The molecule has 100 valence electrons. The Morgan fingerprint density at radius 2 is 2.21 bits per heavy atom. The van der Waals surface area contributed by atoms with Gasteiger partial charge in [0.15, 0.2) is 0 Å². The maximum Gasteiger partial charge on any atom is 0.0960 e. The van der Waals surface area contributed by atoms with Crippen molar-refractivity contribution in [3.8, 4) is 0 Å². The highest BCUT2D eigenvalue weighted by molar-refractivity contribution is 5.75. The molecule has 2 unspecified atom stereocenters. The van der Waals surface area contributed by atoms with Crippen molar-refractivity contribution >= 4 is 11.0 Å². The van der Waals surface area contributed by atoms with Crippen molar-refractivity contribution in [1.29, 1.82) is 0 Å². The Balaban J connectivity index is 1.68. The Morgan fingerprint density at radius 1 is 1.26 bits per heavy atom. The van der Waals surface area contributed by atoms with Gasteiger partial charge in [-0.3, -0.25) is 0 Å². The Hall–Kier alpha value is -1.39. The van der Waals surface area contributed by atoms with Crippen LogP contribution in [0.3, 0.4) is 0 Å². The summed E-state index contributed by atoms with van der Waals surface area (Å²) in [6, 6.07) is 8.81. The van der Waals surface area contributed by atoms with Crippen LogP contribution in [0.5, 0.6) is 0 Å².